The second-order valence-corrected chi connectivity index (χ2v) is 6.05. The van der Waals surface area contributed by atoms with Crippen molar-refractivity contribution in [2.24, 2.45) is 5.92 Å². The first-order chi connectivity index (χ1) is 10.1. The molecular formula is C16H28N4O. The predicted molar refractivity (Wildman–Crippen MR) is 87.1 cm³/mol. The van der Waals surface area contributed by atoms with E-state index >= 15 is 0 Å². The number of rotatable bonds is 6. The maximum absolute atomic E-state index is 5.54. The largest absolute Gasteiger partial charge is 0.381 e. The molecule has 0 radical (unpaired) electrons. The highest BCUT2D eigenvalue weighted by atomic mass is 16.5. The number of hydrogen-bond donors (Lipinski definition) is 2. The smallest absolute Gasteiger partial charge is 0.135 e. The van der Waals surface area contributed by atoms with Crippen molar-refractivity contribution in [3.63, 3.8) is 0 Å². The van der Waals surface area contributed by atoms with Crippen molar-refractivity contribution in [1.29, 1.82) is 0 Å². The first-order valence-electron chi connectivity index (χ1n) is 8.05. The minimum absolute atomic E-state index is 0.321. The lowest BCUT2D eigenvalue weighted by Crippen LogP contribution is -2.25. The van der Waals surface area contributed by atoms with E-state index in [1.165, 1.54) is 6.42 Å². The van der Waals surface area contributed by atoms with Crippen LogP contribution in [0.1, 0.15) is 50.9 Å². The van der Waals surface area contributed by atoms with Crippen molar-refractivity contribution in [2.75, 3.05) is 36.9 Å². The highest BCUT2D eigenvalue weighted by molar-refractivity contribution is 5.57. The molecule has 0 amide bonds. The summed E-state index contributed by atoms with van der Waals surface area (Å²) in [4.78, 5) is 9.33. The Hall–Kier alpha value is -1.36. The quantitative estimate of drug-likeness (QED) is 0.843. The van der Waals surface area contributed by atoms with Crippen LogP contribution < -0.4 is 10.6 Å². The van der Waals surface area contributed by atoms with Crippen LogP contribution in [0.15, 0.2) is 0 Å². The van der Waals surface area contributed by atoms with E-state index in [-0.39, 0.29) is 0 Å². The molecule has 1 aliphatic rings. The molecular weight excluding hydrogens is 264 g/mol. The average molecular weight is 292 g/mol. The number of hydrogen-bond acceptors (Lipinski definition) is 5. The third-order valence-corrected chi connectivity index (χ3v) is 3.84. The molecule has 1 unspecified atom stereocenters. The van der Waals surface area contributed by atoms with Gasteiger partial charge in [0.05, 0.1) is 6.61 Å². The first kappa shape index (κ1) is 16.0. The Morgan fingerprint density at radius 1 is 1.24 bits per heavy atom. The van der Waals surface area contributed by atoms with Crippen molar-refractivity contribution < 1.29 is 4.74 Å². The van der Waals surface area contributed by atoms with Gasteiger partial charge in [0.25, 0.3) is 0 Å². The van der Waals surface area contributed by atoms with Crippen LogP contribution >= 0.6 is 0 Å². The summed E-state index contributed by atoms with van der Waals surface area (Å²) in [6, 6.07) is 0. The first-order valence-corrected chi connectivity index (χ1v) is 8.05. The van der Waals surface area contributed by atoms with Gasteiger partial charge in [0.1, 0.15) is 17.5 Å². The van der Waals surface area contributed by atoms with Crippen molar-refractivity contribution in [3.8, 4) is 0 Å². The van der Waals surface area contributed by atoms with Crippen molar-refractivity contribution in [1.82, 2.24) is 9.97 Å². The van der Waals surface area contributed by atoms with E-state index in [1.807, 2.05) is 0 Å². The third-order valence-electron chi connectivity index (χ3n) is 3.84. The molecule has 5 heteroatoms. The molecule has 1 aromatic rings. The molecule has 0 spiro atoms. The Kier molecular flexibility index (Phi) is 5.79. The molecule has 0 saturated carbocycles. The van der Waals surface area contributed by atoms with Crippen LogP contribution in [0.2, 0.25) is 0 Å². The minimum Gasteiger partial charge on any atom is -0.381 e. The van der Waals surface area contributed by atoms with Gasteiger partial charge in [0.2, 0.25) is 0 Å². The Labute approximate surface area is 127 Å². The van der Waals surface area contributed by atoms with Gasteiger partial charge in [-0.3, -0.25) is 0 Å². The second kappa shape index (κ2) is 7.59. The van der Waals surface area contributed by atoms with Gasteiger partial charge in [-0.05, 0) is 32.6 Å². The molecule has 2 heterocycles. The van der Waals surface area contributed by atoms with Gasteiger partial charge in [0, 0.05) is 31.2 Å². The summed E-state index contributed by atoms with van der Waals surface area (Å²) in [5.41, 5.74) is 1.10. The second-order valence-electron chi connectivity index (χ2n) is 6.05. The average Bonchev–Trinajstić information content (AvgIpc) is 2.49. The number of ether oxygens (including phenoxy) is 1. The molecule has 1 saturated heterocycles. The molecule has 5 nitrogen and oxygen atoms in total. The lowest BCUT2D eigenvalue weighted by Gasteiger charge is -2.23. The molecule has 0 aliphatic carbocycles. The fourth-order valence-electron chi connectivity index (χ4n) is 2.51. The summed E-state index contributed by atoms with van der Waals surface area (Å²) in [5.74, 6) is 3.69. The molecule has 21 heavy (non-hydrogen) atoms. The molecule has 0 aromatic carbocycles. The lowest BCUT2D eigenvalue weighted by molar-refractivity contribution is 0.0594. The number of nitrogens with one attached hydrogen (secondary N) is 2. The van der Waals surface area contributed by atoms with Crippen LogP contribution in [0, 0.1) is 12.8 Å². The molecule has 1 aromatic heterocycles. The van der Waals surface area contributed by atoms with Crippen LogP contribution in [0.25, 0.3) is 0 Å². The van der Waals surface area contributed by atoms with Crippen molar-refractivity contribution >= 4 is 11.6 Å². The molecule has 1 aliphatic heterocycles. The fourth-order valence-corrected chi connectivity index (χ4v) is 2.51. The molecule has 118 valence electrons. The maximum Gasteiger partial charge on any atom is 0.135 e. The number of nitrogens with zero attached hydrogens (tertiary/aromatic N) is 2. The molecule has 2 rings (SSSR count). The predicted octanol–water partition coefficient (Wildman–Crippen LogP) is 3.18. The lowest BCUT2D eigenvalue weighted by atomic mass is 10.0. The summed E-state index contributed by atoms with van der Waals surface area (Å²) < 4.78 is 5.54. The van der Waals surface area contributed by atoms with Crippen LogP contribution in [0.3, 0.4) is 0 Å². The summed E-state index contributed by atoms with van der Waals surface area (Å²) in [5, 5.41) is 6.84. The summed E-state index contributed by atoms with van der Waals surface area (Å²) >= 11 is 0. The SMILES string of the molecule is CCNc1nc(C(C)C)nc(NCC2CCCOC2)c1C. The van der Waals surface area contributed by atoms with E-state index < -0.39 is 0 Å². The van der Waals surface area contributed by atoms with Gasteiger partial charge in [-0.2, -0.15) is 0 Å². The Balaban J connectivity index is 2.12. The van der Waals surface area contributed by atoms with Crippen molar-refractivity contribution in [3.05, 3.63) is 11.4 Å². The van der Waals surface area contributed by atoms with Gasteiger partial charge >= 0.3 is 0 Å². The van der Waals surface area contributed by atoms with Crippen LogP contribution in [0.5, 0.6) is 0 Å². The van der Waals surface area contributed by atoms with Crippen LogP contribution in [0.4, 0.5) is 11.6 Å². The standard InChI is InChI=1S/C16H28N4O/c1-5-17-15-12(4)16(20-14(19-15)11(2)3)18-9-13-7-6-8-21-10-13/h11,13H,5-10H2,1-4H3,(H2,17,18,19,20). The molecule has 0 bridgehead atoms. The zero-order valence-corrected chi connectivity index (χ0v) is 13.7. The summed E-state index contributed by atoms with van der Waals surface area (Å²) in [6.45, 7) is 12.0. The molecule has 2 N–H and O–H groups in total. The third kappa shape index (κ3) is 4.30. The van der Waals surface area contributed by atoms with Gasteiger partial charge in [-0.25, -0.2) is 9.97 Å². The Morgan fingerprint density at radius 3 is 2.52 bits per heavy atom. The monoisotopic (exact) mass is 292 g/mol. The highest BCUT2D eigenvalue weighted by Crippen LogP contribution is 2.24. The van der Waals surface area contributed by atoms with E-state index in [2.05, 4.69) is 43.3 Å². The van der Waals surface area contributed by atoms with Crippen LogP contribution in [-0.4, -0.2) is 36.3 Å². The zero-order chi connectivity index (χ0) is 15.2. The van der Waals surface area contributed by atoms with Gasteiger partial charge in [-0.15, -0.1) is 0 Å². The van der Waals surface area contributed by atoms with E-state index in [1.54, 1.807) is 0 Å². The van der Waals surface area contributed by atoms with E-state index in [0.717, 1.165) is 55.7 Å². The molecule has 1 atom stereocenters. The fraction of sp³-hybridized carbons (Fsp3) is 0.750. The van der Waals surface area contributed by atoms with Crippen LogP contribution in [-0.2, 0) is 4.74 Å². The van der Waals surface area contributed by atoms with Crippen molar-refractivity contribution in [2.45, 2.75) is 46.5 Å². The van der Waals surface area contributed by atoms with Gasteiger partial charge in [-0.1, -0.05) is 13.8 Å². The summed E-state index contributed by atoms with van der Waals surface area (Å²) in [6.07, 6.45) is 2.39. The number of aromatic nitrogens is 2. The maximum atomic E-state index is 5.54. The van der Waals surface area contributed by atoms with E-state index in [4.69, 9.17) is 9.72 Å². The zero-order valence-electron chi connectivity index (χ0n) is 13.7. The molecule has 1 fully saturated rings. The minimum atomic E-state index is 0.321. The Morgan fingerprint density at radius 2 is 1.95 bits per heavy atom. The number of anilines is 2. The topological polar surface area (TPSA) is 59.1 Å². The summed E-state index contributed by atoms with van der Waals surface area (Å²) in [7, 11) is 0. The highest BCUT2D eigenvalue weighted by Gasteiger charge is 2.16. The van der Waals surface area contributed by atoms with E-state index in [0.29, 0.717) is 11.8 Å². The van der Waals surface area contributed by atoms with Gasteiger partial charge < -0.3 is 15.4 Å². The normalized spacial score (nSPS) is 18.8. The van der Waals surface area contributed by atoms with E-state index in [9.17, 15) is 0 Å². The van der Waals surface area contributed by atoms with Gasteiger partial charge in [0.15, 0.2) is 0 Å². The Bertz CT molecular complexity index is 456.